The number of rotatable bonds is 9. The summed E-state index contributed by atoms with van der Waals surface area (Å²) in [5.74, 6) is 0.564. The van der Waals surface area contributed by atoms with Crippen LogP contribution < -0.4 is 5.73 Å². The van der Waals surface area contributed by atoms with Crippen molar-refractivity contribution in [2.45, 2.75) is 64.1 Å². The monoisotopic (exact) mass is 383 g/mol. The molecule has 1 fully saturated rings. The maximum atomic E-state index is 11.2. The van der Waals surface area contributed by atoms with Gasteiger partial charge in [0.2, 0.25) is 5.91 Å². The van der Waals surface area contributed by atoms with Crippen molar-refractivity contribution in [2.24, 2.45) is 23.5 Å². The largest absolute Gasteiger partial charge is 0.392 e. The summed E-state index contributed by atoms with van der Waals surface area (Å²) in [5, 5.41) is 20.6. The minimum atomic E-state index is -0.407. The lowest BCUT2D eigenvalue weighted by Gasteiger charge is -2.19. The summed E-state index contributed by atoms with van der Waals surface area (Å²) in [4.78, 5) is 11.2. The second-order valence-electron chi connectivity index (χ2n) is 8.42. The van der Waals surface area contributed by atoms with E-state index < -0.39 is 12.0 Å². The summed E-state index contributed by atoms with van der Waals surface area (Å²) >= 11 is 0. The Morgan fingerprint density at radius 3 is 2.71 bits per heavy atom. The second-order valence-corrected chi connectivity index (χ2v) is 8.42. The van der Waals surface area contributed by atoms with Crippen molar-refractivity contribution < 1.29 is 15.0 Å². The molecule has 0 spiro atoms. The summed E-state index contributed by atoms with van der Waals surface area (Å²) in [6, 6.07) is 7.49. The first-order valence-corrected chi connectivity index (χ1v) is 10.6. The van der Waals surface area contributed by atoms with Crippen molar-refractivity contribution in [1.29, 1.82) is 0 Å². The third-order valence-corrected chi connectivity index (χ3v) is 6.28. The van der Waals surface area contributed by atoms with Gasteiger partial charge in [-0.1, -0.05) is 62.1 Å². The second kappa shape index (κ2) is 9.53. The molecule has 3 rings (SSSR count). The highest BCUT2D eigenvalue weighted by Gasteiger charge is 2.43. The molecule has 4 heteroatoms. The summed E-state index contributed by atoms with van der Waals surface area (Å²) in [6.45, 7) is 2.16. The van der Waals surface area contributed by atoms with Crippen molar-refractivity contribution in [2.75, 3.05) is 0 Å². The molecule has 2 aliphatic carbocycles. The number of primary amides is 1. The van der Waals surface area contributed by atoms with E-state index in [2.05, 4.69) is 19.1 Å². The first-order valence-electron chi connectivity index (χ1n) is 10.6. The van der Waals surface area contributed by atoms with Crippen LogP contribution in [0.4, 0.5) is 0 Å². The zero-order chi connectivity index (χ0) is 20.1. The fourth-order valence-corrected chi connectivity index (χ4v) is 4.74. The Morgan fingerprint density at radius 1 is 1.29 bits per heavy atom. The molecule has 0 heterocycles. The standard InChI is InChI=1S/C24H33NO3/c1-2-3-4-5-20(26)10-11-21-22-14-17(13-19(22)15-23(21)27)12-16-6-8-18(9-7-16)24(25)28/h6-11,13,19-23,26-27H,2-5,12,14-15H2,1H3,(H2,25,28)/t19-,20-,21+,22-,23+/m0/s1. The Labute approximate surface area is 168 Å². The SMILES string of the molecule is CCCCC[C@H](O)C=C[C@@H]1[C@H]2CC(Cc3ccc(C(N)=O)cc3)=C[C@H]2C[C@H]1O. The Balaban J connectivity index is 1.56. The summed E-state index contributed by atoms with van der Waals surface area (Å²) in [5.41, 5.74) is 8.41. The number of aliphatic hydroxyl groups excluding tert-OH is 2. The average Bonchev–Trinajstić information content (AvgIpc) is 3.17. The fourth-order valence-electron chi connectivity index (χ4n) is 4.74. The Morgan fingerprint density at radius 2 is 2.04 bits per heavy atom. The number of carbonyl (C=O) groups is 1. The summed E-state index contributed by atoms with van der Waals surface area (Å²) in [7, 11) is 0. The highest BCUT2D eigenvalue weighted by atomic mass is 16.3. The van der Waals surface area contributed by atoms with E-state index >= 15 is 0 Å². The van der Waals surface area contributed by atoms with Gasteiger partial charge in [-0.05, 0) is 55.2 Å². The van der Waals surface area contributed by atoms with E-state index in [4.69, 9.17) is 5.73 Å². The molecule has 1 aromatic rings. The molecule has 0 bridgehead atoms. The van der Waals surface area contributed by atoms with Crippen molar-refractivity contribution >= 4 is 5.91 Å². The van der Waals surface area contributed by atoms with Gasteiger partial charge >= 0.3 is 0 Å². The molecule has 28 heavy (non-hydrogen) atoms. The van der Waals surface area contributed by atoms with Crippen LogP contribution in [0.2, 0.25) is 0 Å². The van der Waals surface area contributed by atoms with Crippen LogP contribution in [-0.2, 0) is 6.42 Å². The van der Waals surface area contributed by atoms with E-state index in [1.54, 1.807) is 12.1 Å². The van der Waals surface area contributed by atoms with Gasteiger partial charge in [-0.15, -0.1) is 0 Å². The van der Waals surface area contributed by atoms with Crippen LogP contribution in [0.3, 0.4) is 0 Å². The molecule has 4 nitrogen and oxygen atoms in total. The highest BCUT2D eigenvalue weighted by Crippen LogP contribution is 2.47. The molecule has 0 radical (unpaired) electrons. The predicted octanol–water partition coefficient (Wildman–Crippen LogP) is 3.77. The van der Waals surface area contributed by atoms with Gasteiger partial charge in [-0.2, -0.15) is 0 Å². The van der Waals surface area contributed by atoms with Gasteiger partial charge < -0.3 is 15.9 Å². The van der Waals surface area contributed by atoms with Gasteiger partial charge in [0.25, 0.3) is 0 Å². The van der Waals surface area contributed by atoms with E-state index in [1.165, 1.54) is 11.1 Å². The minimum Gasteiger partial charge on any atom is -0.392 e. The number of unbranched alkanes of at least 4 members (excludes halogenated alkanes) is 2. The number of benzene rings is 1. The molecule has 4 N–H and O–H groups in total. The number of amides is 1. The van der Waals surface area contributed by atoms with Gasteiger partial charge in [0, 0.05) is 11.5 Å². The topological polar surface area (TPSA) is 83.5 Å². The minimum absolute atomic E-state index is 0.122. The van der Waals surface area contributed by atoms with E-state index in [9.17, 15) is 15.0 Å². The molecular weight excluding hydrogens is 350 g/mol. The first kappa shape index (κ1) is 20.8. The summed E-state index contributed by atoms with van der Waals surface area (Å²) in [6.07, 6.45) is 12.4. The van der Waals surface area contributed by atoms with Gasteiger partial charge in [0.05, 0.1) is 12.2 Å². The lowest BCUT2D eigenvalue weighted by atomic mass is 9.88. The number of carbonyl (C=O) groups excluding carboxylic acids is 1. The molecule has 1 amide bonds. The van der Waals surface area contributed by atoms with Crippen LogP contribution in [0, 0.1) is 17.8 Å². The van der Waals surface area contributed by atoms with Gasteiger partial charge in [-0.25, -0.2) is 0 Å². The normalized spacial score (nSPS) is 27.8. The van der Waals surface area contributed by atoms with Gasteiger partial charge in [-0.3, -0.25) is 4.79 Å². The smallest absolute Gasteiger partial charge is 0.248 e. The third-order valence-electron chi connectivity index (χ3n) is 6.28. The van der Waals surface area contributed by atoms with Crippen LogP contribution in [0.15, 0.2) is 48.1 Å². The molecule has 0 saturated heterocycles. The lowest BCUT2D eigenvalue weighted by Crippen LogP contribution is -2.18. The van der Waals surface area contributed by atoms with Crippen LogP contribution in [-0.4, -0.2) is 28.3 Å². The Hall–Kier alpha value is -1.91. The first-order chi connectivity index (χ1) is 13.5. The molecule has 5 atom stereocenters. The molecular formula is C24H33NO3. The average molecular weight is 384 g/mol. The highest BCUT2D eigenvalue weighted by molar-refractivity contribution is 5.92. The van der Waals surface area contributed by atoms with Crippen LogP contribution in [0.25, 0.3) is 0 Å². The molecule has 2 aliphatic rings. The Kier molecular flexibility index (Phi) is 7.08. The van der Waals surface area contributed by atoms with Crippen molar-refractivity contribution in [3.8, 4) is 0 Å². The number of aliphatic hydroxyl groups is 2. The number of hydrogen-bond donors (Lipinski definition) is 3. The molecule has 0 aromatic heterocycles. The van der Waals surface area contributed by atoms with Crippen LogP contribution >= 0.6 is 0 Å². The fraction of sp³-hybridized carbons (Fsp3) is 0.542. The molecule has 1 saturated carbocycles. The van der Waals surface area contributed by atoms with Crippen molar-refractivity contribution in [3.63, 3.8) is 0 Å². The number of fused-ring (bicyclic) bond motifs is 1. The van der Waals surface area contributed by atoms with Crippen molar-refractivity contribution in [3.05, 3.63) is 59.2 Å². The van der Waals surface area contributed by atoms with Gasteiger partial charge in [0.1, 0.15) is 0 Å². The van der Waals surface area contributed by atoms with E-state index in [0.29, 0.717) is 17.4 Å². The maximum absolute atomic E-state index is 11.2. The molecule has 0 aliphatic heterocycles. The number of nitrogens with two attached hydrogens (primary N) is 1. The third kappa shape index (κ3) is 5.12. The Bertz CT molecular complexity index is 722. The van der Waals surface area contributed by atoms with E-state index in [-0.39, 0.29) is 12.0 Å². The van der Waals surface area contributed by atoms with Crippen molar-refractivity contribution in [1.82, 2.24) is 0 Å². The molecule has 1 aromatic carbocycles. The zero-order valence-corrected chi connectivity index (χ0v) is 16.8. The maximum Gasteiger partial charge on any atom is 0.248 e. The van der Waals surface area contributed by atoms with Crippen LogP contribution in [0.1, 0.15) is 61.4 Å². The van der Waals surface area contributed by atoms with Gasteiger partial charge in [0.15, 0.2) is 0 Å². The number of hydrogen-bond acceptors (Lipinski definition) is 3. The number of allylic oxidation sites excluding steroid dienone is 2. The quantitative estimate of drug-likeness (QED) is 0.448. The van der Waals surface area contributed by atoms with Crippen LogP contribution in [0.5, 0.6) is 0 Å². The lowest BCUT2D eigenvalue weighted by molar-refractivity contribution is 0.1000. The molecule has 0 unspecified atom stereocenters. The summed E-state index contributed by atoms with van der Waals surface area (Å²) < 4.78 is 0. The zero-order valence-electron chi connectivity index (χ0n) is 16.8. The molecule has 152 valence electrons. The predicted molar refractivity (Wildman–Crippen MR) is 112 cm³/mol. The van der Waals surface area contributed by atoms with E-state index in [0.717, 1.165) is 44.9 Å². The van der Waals surface area contributed by atoms with E-state index in [1.807, 2.05) is 18.2 Å².